The highest BCUT2D eigenvalue weighted by molar-refractivity contribution is 5.86. The molecule has 2 heterocycles. The molecule has 1 amide bonds. The van der Waals surface area contributed by atoms with Crippen molar-refractivity contribution in [2.75, 3.05) is 23.7 Å². The summed E-state index contributed by atoms with van der Waals surface area (Å²) in [5.74, 6) is -0.960. The SMILES string of the molecule is NC(=O)C1CCCN(c2cc3[nH]c(=O)oc3cc2N)C1. The molecule has 1 aromatic carbocycles. The van der Waals surface area contributed by atoms with Crippen LogP contribution in [0.2, 0.25) is 0 Å². The number of H-pyrrole nitrogens is 1. The average molecular weight is 276 g/mol. The van der Waals surface area contributed by atoms with Crippen molar-refractivity contribution in [3.05, 3.63) is 22.7 Å². The van der Waals surface area contributed by atoms with Crippen LogP contribution < -0.4 is 22.1 Å². The molecule has 1 unspecified atom stereocenters. The number of nitrogen functional groups attached to an aromatic ring is 1. The maximum absolute atomic E-state index is 11.3. The molecule has 2 aromatic rings. The highest BCUT2D eigenvalue weighted by atomic mass is 16.4. The number of nitrogens with one attached hydrogen (secondary N) is 1. The summed E-state index contributed by atoms with van der Waals surface area (Å²) in [5.41, 5.74) is 13.7. The summed E-state index contributed by atoms with van der Waals surface area (Å²) in [6, 6.07) is 3.40. The monoisotopic (exact) mass is 276 g/mol. The van der Waals surface area contributed by atoms with E-state index < -0.39 is 5.76 Å². The number of oxazole rings is 1. The molecular weight excluding hydrogens is 260 g/mol. The van der Waals surface area contributed by atoms with Crippen molar-refractivity contribution in [2.45, 2.75) is 12.8 Å². The fourth-order valence-electron chi connectivity index (χ4n) is 2.70. The zero-order valence-corrected chi connectivity index (χ0v) is 10.9. The topological polar surface area (TPSA) is 118 Å². The summed E-state index contributed by atoms with van der Waals surface area (Å²) in [6.45, 7) is 1.36. The molecule has 20 heavy (non-hydrogen) atoms. The molecule has 7 nitrogen and oxygen atoms in total. The van der Waals surface area contributed by atoms with Crippen LogP contribution in [-0.2, 0) is 4.79 Å². The number of carbonyl (C=O) groups excluding carboxylic acids is 1. The smallest absolute Gasteiger partial charge is 0.408 e. The third kappa shape index (κ3) is 2.11. The van der Waals surface area contributed by atoms with Crippen LogP contribution in [0.4, 0.5) is 11.4 Å². The van der Waals surface area contributed by atoms with Gasteiger partial charge < -0.3 is 20.8 Å². The van der Waals surface area contributed by atoms with Gasteiger partial charge in [0.2, 0.25) is 5.91 Å². The van der Waals surface area contributed by atoms with Crippen molar-refractivity contribution < 1.29 is 9.21 Å². The van der Waals surface area contributed by atoms with E-state index in [-0.39, 0.29) is 11.8 Å². The summed E-state index contributed by atoms with van der Waals surface area (Å²) >= 11 is 0. The van der Waals surface area contributed by atoms with E-state index in [0.717, 1.165) is 25.1 Å². The van der Waals surface area contributed by atoms with Gasteiger partial charge in [0.25, 0.3) is 0 Å². The summed E-state index contributed by atoms with van der Waals surface area (Å²) in [4.78, 5) is 27.2. The van der Waals surface area contributed by atoms with Gasteiger partial charge in [0.1, 0.15) is 0 Å². The van der Waals surface area contributed by atoms with Gasteiger partial charge >= 0.3 is 5.76 Å². The molecular formula is C13H16N4O3. The normalized spacial score (nSPS) is 19.4. The van der Waals surface area contributed by atoms with E-state index in [1.807, 2.05) is 4.90 Å². The molecule has 0 bridgehead atoms. The number of primary amides is 1. The molecule has 1 saturated heterocycles. The second-order valence-corrected chi connectivity index (χ2v) is 5.11. The molecule has 0 aliphatic carbocycles. The van der Waals surface area contributed by atoms with Gasteiger partial charge in [-0.2, -0.15) is 0 Å². The lowest BCUT2D eigenvalue weighted by Crippen LogP contribution is -2.41. The Hall–Kier alpha value is -2.44. The third-order valence-corrected chi connectivity index (χ3v) is 3.73. The van der Waals surface area contributed by atoms with Crippen molar-refractivity contribution in [1.82, 2.24) is 4.98 Å². The Labute approximate surface area is 114 Å². The molecule has 0 radical (unpaired) electrons. The molecule has 1 atom stereocenters. The first-order chi connectivity index (χ1) is 9.54. The highest BCUT2D eigenvalue weighted by Crippen LogP contribution is 2.31. The quantitative estimate of drug-likeness (QED) is 0.686. The van der Waals surface area contributed by atoms with Gasteiger partial charge in [-0.15, -0.1) is 0 Å². The molecule has 0 saturated carbocycles. The van der Waals surface area contributed by atoms with E-state index in [2.05, 4.69) is 4.98 Å². The van der Waals surface area contributed by atoms with Crippen molar-refractivity contribution in [3.8, 4) is 0 Å². The van der Waals surface area contributed by atoms with Gasteiger partial charge in [-0.05, 0) is 18.9 Å². The Morgan fingerprint density at radius 3 is 3.00 bits per heavy atom. The number of benzene rings is 1. The number of rotatable bonds is 2. The van der Waals surface area contributed by atoms with Gasteiger partial charge in [-0.1, -0.05) is 0 Å². The fraction of sp³-hybridized carbons (Fsp3) is 0.385. The highest BCUT2D eigenvalue weighted by Gasteiger charge is 2.25. The Morgan fingerprint density at radius 2 is 2.25 bits per heavy atom. The lowest BCUT2D eigenvalue weighted by Gasteiger charge is -2.33. The third-order valence-electron chi connectivity index (χ3n) is 3.73. The van der Waals surface area contributed by atoms with E-state index in [1.165, 1.54) is 0 Å². The zero-order chi connectivity index (χ0) is 14.3. The maximum atomic E-state index is 11.3. The van der Waals surface area contributed by atoms with Gasteiger partial charge in [-0.25, -0.2) is 4.79 Å². The van der Waals surface area contributed by atoms with Crippen LogP contribution in [0.3, 0.4) is 0 Å². The number of nitrogens with zero attached hydrogens (tertiary/aromatic N) is 1. The van der Waals surface area contributed by atoms with Crippen molar-refractivity contribution in [3.63, 3.8) is 0 Å². The first kappa shape index (κ1) is 12.6. The number of piperidine rings is 1. The first-order valence-corrected chi connectivity index (χ1v) is 6.51. The molecule has 0 spiro atoms. The van der Waals surface area contributed by atoms with Gasteiger partial charge in [0.15, 0.2) is 5.58 Å². The Kier molecular flexibility index (Phi) is 2.89. The number of aromatic nitrogens is 1. The van der Waals surface area contributed by atoms with Gasteiger partial charge in [-0.3, -0.25) is 9.78 Å². The predicted molar refractivity (Wildman–Crippen MR) is 75.4 cm³/mol. The van der Waals surface area contributed by atoms with Crippen molar-refractivity contribution in [2.24, 2.45) is 11.7 Å². The maximum Gasteiger partial charge on any atom is 0.417 e. The number of nitrogens with two attached hydrogens (primary N) is 2. The number of carbonyl (C=O) groups is 1. The Bertz CT molecular complexity index is 718. The fourth-order valence-corrected chi connectivity index (χ4v) is 2.70. The van der Waals surface area contributed by atoms with E-state index in [0.29, 0.717) is 23.3 Å². The Morgan fingerprint density at radius 1 is 1.45 bits per heavy atom. The van der Waals surface area contributed by atoms with Crippen LogP contribution in [0.25, 0.3) is 11.1 Å². The molecule has 3 rings (SSSR count). The van der Waals surface area contributed by atoms with Gasteiger partial charge in [0.05, 0.1) is 22.8 Å². The van der Waals surface area contributed by atoms with Crippen LogP contribution in [0, 0.1) is 5.92 Å². The van der Waals surface area contributed by atoms with Crippen molar-refractivity contribution in [1.29, 1.82) is 0 Å². The summed E-state index contributed by atoms with van der Waals surface area (Å²) in [5, 5.41) is 0. The second kappa shape index (κ2) is 4.59. The predicted octanol–water partition coefficient (Wildman–Crippen LogP) is 0.405. The number of hydrogen-bond acceptors (Lipinski definition) is 5. The van der Waals surface area contributed by atoms with E-state index in [1.54, 1.807) is 12.1 Å². The molecule has 106 valence electrons. The Balaban J connectivity index is 1.98. The number of fused-ring (bicyclic) bond motifs is 1. The number of amides is 1. The summed E-state index contributed by atoms with van der Waals surface area (Å²) in [7, 11) is 0. The second-order valence-electron chi connectivity index (χ2n) is 5.11. The standard InChI is InChI=1S/C13H16N4O3/c14-8-4-11-9(16-13(19)20-11)5-10(8)17-3-1-2-7(6-17)12(15)18/h4-5,7H,1-3,6,14H2,(H2,15,18)(H,16,19). The molecule has 1 aliphatic rings. The van der Waals surface area contributed by atoms with E-state index in [9.17, 15) is 9.59 Å². The minimum absolute atomic E-state index is 0.165. The van der Waals surface area contributed by atoms with Crippen molar-refractivity contribution >= 4 is 28.4 Å². The summed E-state index contributed by atoms with van der Waals surface area (Å²) in [6.07, 6.45) is 1.68. The lowest BCUT2D eigenvalue weighted by atomic mass is 9.97. The molecule has 1 fully saturated rings. The largest absolute Gasteiger partial charge is 0.417 e. The van der Waals surface area contributed by atoms with Crippen LogP contribution in [0.15, 0.2) is 21.3 Å². The lowest BCUT2D eigenvalue weighted by molar-refractivity contribution is -0.122. The molecule has 1 aromatic heterocycles. The average Bonchev–Trinajstić information content (AvgIpc) is 2.77. The van der Waals surface area contributed by atoms with Crippen LogP contribution >= 0.6 is 0 Å². The van der Waals surface area contributed by atoms with Crippen LogP contribution in [-0.4, -0.2) is 24.0 Å². The molecule has 5 N–H and O–H groups in total. The van der Waals surface area contributed by atoms with E-state index in [4.69, 9.17) is 15.9 Å². The van der Waals surface area contributed by atoms with Crippen LogP contribution in [0.5, 0.6) is 0 Å². The molecule has 7 heteroatoms. The number of anilines is 2. The number of aromatic amines is 1. The minimum Gasteiger partial charge on any atom is -0.408 e. The van der Waals surface area contributed by atoms with E-state index >= 15 is 0 Å². The molecule has 1 aliphatic heterocycles. The van der Waals surface area contributed by atoms with Crippen LogP contribution in [0.1, 0.15) is 12.8 Å². The van der Waals surface area contributed by atoms with Gasteiger partial charge in [0, 0.05) is 19.2 Å². The minimum atomic E-state index is -0.509. The number of hydrogen-bond donors (Lipinski definition) is 3. The first-order valence-electron chi connectivity index (χ1n) is 6.51. The zero-order valence-electron chi connectivity index (χ0n) is 10.9. The summed E-state index contributed by atoms with van der Waals surface area (Å²) < 4.78 is 4.97.